The van der Waals surface area contributed by atoms with Crippen LogP contribution in [0.3, 0.4) is 0 Å². The Morgan fingerprint density at radius 2 is 2.04 bits per heavy atom. The number of hydrogen-bond donors (Lipinski definition) is 1. The molecule has 1 amide bonds. The number of benzene rings is 1. The average molecular weight is 304 g/mol. The molecule has 1 N–H and O–H groups in total. The zero-order valence-corrected chi connectivity index (χ0v) is 12.3. The lowest BCUT2D eigenvalue weighted by molar-refractivity contribution is 0.102. The summed E-state index contributed by atoms with van der Waals surface area (Å²) in [7, 11) is 0. The summed E-state index contributed by atoms with van der Waals surface area (Å²) in [6, 6.07) is 8.47. The minimum absolute atomic E-state index is 0.322. The van der Waals surface area contributed by atoms with Crippen LogP contribution < -0.4 is 5.32 Å². The zero-order valence-electron chi connectivity index (χ0n) is 12.3. The Bertz CT molecular complexity index is 891. The second kappa shape index (κ2) is 6.07. The minimum Gasteiger partial charge on any atom is -0.319 e. The second-order valence-corrected chi connectivity index (χ2v) is 4.76. The summed E-state index contributed by atoms with van der Waals surface area (Å²) in [4.78, 5) is 24.7. The molecule has 0 spiro atoms. The fourth-order valence-corrected chi connectivity index (χ4v) is 2.03. The van der Waals surface area contributed by atoms with Crippen LogP contribution in [0, 0.1) is 18.3 Å². The SMILES string of the molecule is Cc1nccn1-c1ncc(NC(=O)c2cccc(C#N)c2)cn1. The van der Waals surface area contributed by atoms with Crippen molar-refractivity contribution >= 4 is 11.6 Å². The van der Waals surface area contributed by atoms with Crippen LogP contribution in [-0.4, -0.2) is 25.4 Å². The van der Waals surface area contributed by atoms with Crippen molar-refractivity contribution in [2.75, 3.05) is 5.32 Å². The highest BCUT2D eigenvalue weighted by Crippen LogP contribution is 2.11. The summed E-state index contributed by atoms with van der Waals surface area (Å²) >= 11 is 0. The van der Waals surface area contributed by atoms with Crippen molar-refractivity contribution in [3.63, 3.8) is 0 Å². The highest BCUT2D eigenvalue weighted by molar-refractivity contribution is 6.04. The van der Waals surface area contributed by atoms with Crippen molar-refractivity contribution in [2.24, 2.45) is 0 Å². The number of anilines is 1. The lowest BCUT2D eigenvalue weighted by atomic mass is 10.1. The van der Waals surface area contributed by atoms with E-state index in [-0.39, 0.29) is 5.91 Å². The number of nitriles is 1. The fraction of sp³-hybridized carbons (Fsp3) is 0.0625. The van der Waals surface area contributed by atoms with Crippen LogP contribution in [0.25, 0.3) is 5.95 Å². The number of nitrogens with zero attached hydrogens (tertiary/aromatic N) is 5. The van der Waals surface area contributed by atoms with Gasteiger partial charge in [-0.2, -0.15) is 5.26 Å². The monoisotopic (exact) mass is 304 g/mol. The van der Waals surface area contributed by atoms with E-state index in [4.69, 9.17) is 5.26 Å². The molecule has 0 fully saturated rings. The van der Waals surface area contributed by atoms with Crippen LogP contribution in [0.2, 0.25) is 0 Å². The van der Waals surface area contributed by atoms with Gasteiger partial charge in [0.25, 0.3) is 5.91 Å². The van der Waals surface area contributed by atoms with E-state index in [0.29, 0.717) is 22.8 Å². The Labute approximate surface area is 132 Å². The largest absolute Gasteiger partial charge is 0.319 e. The van der Waals surface area contributed by atoms with Crippen LogP contribution in [0.15, 0.2) is 49.1 Å². The molecule has 112 valence electrons. The third-order valence-corrected chi connectivity index (χ3v) is 3.19. The molecule has 0 saturated heterocycles. The van der Waals surface area contributed by atoms with E-state index < -0.39 is 0 Å². The number of hydrogen-bond acceptors (Lipinski definition) is 5. The normalized spacial score (nSPS) is 10.1. The molecule has 1 aromatic carbocycles. The molecule has 7 heteroatoms. The molecule has 0 atom stereocenters. The summed E-state index contributed by atoms with van der Waals surface area (Å²) in [6.45, 7) is 1.85. The lowest BCUT2D eigenvalue weighted by Gasteiger charge is -2.06. The number of carbonyl (C=O) groups excluding carboxylic acids is 1. The predicted molar refractivity (Wildman–Crippen MR) is 83.0 cm³/mol. The number of carbonyl (C=O) groups is 1. The fourth-order valence-electron chi connectivity index (χ4n) is 2.03. The zero-order chi connectivity index (χ0) is 16.2. The van der Waals surface area contributed by atoms with E-state index in [1.54, 1.807) is 35.2 Å². The van der Waals surface area contributed by atoms with Crippen LogP contribution >= 0.6 is 0 Å². The summed E-state index contributed by atoms with van der Waals surface area (Å²) in [5.41, 5.74) is 1.30. The highest BCUT2D eigenvalue weighted by Gasteiger charge is 2.08. The van der Waals surface area contributed by atoms with Crippen molar-refractivity contribution in [1.29, 1.82) is 5.26 Å². The second-order valence-electron chi connectivity index (χ2n) is 4.76. The van der Waals surface area contributed by atoms with Gasteiger partial charge in [-0.25, -0.2) is 15.0 Å². The number of imidazole rings is 1. The highest BCUT2D eigenvalue weighted by atomic mass is 16.1. The molecule has 3 aromatic rings. The van der Waals surface area contributed by atoms with Gasteiger partial charge in [-0.3, -0.25) is 9.36 Å². The molecule has 2 heterocycles. The van der Waals surface area contributed by atoms with Gasteiger partial charge >= 0.3 is 0 Å². The van der Waals surface area contributed by atoms with Crippen molar-refractivity contribution in [3.05, 3.63) is 66.0 Å². The van der Waals surface area contributed by atoms with Crippen molar-refractivity contribution < 1.29 is 4.79 Å². The quantitative estimate of drug-likeness (QED) is 0.799. The Hall–Kier alpha value is -3.53. The Kier molecular flexibility index (Phi) is 3.80. The number of aryl methyl sites for hydroxylation is 1. The average Bonchev–Trinajstić information content (AvgIpc) is 3.01. The maximum atomic E-state index is 12.2. The van der Waals surface area contributed by atoms with Gasteiger partial charge in [0.05, 0.1) is 29.7 Å². The third kappa shape index (κ3) is 3.06. The van der Waals surface area contributed by atoms with E-state index in [9.17, 15) is 4.79 Å². The maximum absolute atomic E-state index is 12.2. The van der Waals surface area contributed by atoms with E-state index in [1.807, 2.05) is 13.0 Å². The van der Waals surface area contributed by atoms with Gasteiger partial charge in [0.15, 0.2) is 0 Å². The molecule has 0 radical (unpaired) electrons. The Morgan fingerprint density at radius 3 is 2.70 bits per heavy atom. The van der Waals surface area contributed by atoms with Crippen LogP contribution in [0.5, 0.6) is 0 Å². The molecule has 0 aliphatic carbocycles. The summed E-state index contributed by atoms with van der Waals surface area (Å²) in [5.74, 6) is 0.928. The Morgan fingerprint density at radius 1 is 1.26 bits per heavy atom. The summed E-state index contributed by atoms with van der Waals surface area (Å²) in [6.07, 6.45) is 6.47. The molecule has 0 unspecified atom stereocenters. The first kappa shape index (κ1) is 14.4. The maximum Gasteiger partial charge on any atom is 0.255 e. The predicted octanol–water partition coefficient (Wildman–Crippen LogP) is 2.09. The first-order valence-corrected chi connectivity index (χ1v) is 6.81. The summed E-state index contributed by atoms with van der Waals surface area (Å²) < 4.78 is 1.74. The van der Waals surface area contributed by atoms with Gasteiger partial charge in [-0.15, -0.1) is 0 Å². The first-order chi connectivity index (χ1) is 11.2. The standard InChI is InChI=1S/C16H12N6O/c1-11-18-5-6-22(11)16-19-9-14(10-20-16)21-15(23)13-4-2-3-12(7-13)8-17/h2-7,9-10H,1H3,(H,21,23). The topological polar surface area (TPSA) is 96.5 Å². The molecule has 23 heavy (non-hydrogen) atoms. The summed E-state index contributed by atoms with van der Waals surface area (Å²) in [5, 5.41) is 11.6. The van der Waals surface area contributed by atoms with Crippen LogP contribution in [-0.2, 0) is 0 Å². The minimum atomic E-state index is -0.322. The number of aromatic nitrogens is 4. The molecule has 3 rings (SSSR count). The molecule has 0 aliphatic rings. The number of nitrogens with one attached hydrogen (secondary N) is 1. The van der Waals surface area contributed by atoms with Gasteiger partial charge in [-0.1, -0.05) is 6.07 Å². The van der Waals surface area contributed by atoms with Gasteiger partial charge in [0.2, 0.25) is 5.95 Å². The first-order valence-electron chi connectivity index (χ1n) is 6.81. The Balaban J connectivity index is 1.77. The van der Waals surface area contributed by atoms with E-state index in [1.165, 1.54) is 18.5 Å². The molecule has 0 aliphatic heterocycles. The molecule has 0 saturated carbocycles. The number of rotatable bonds is 3. The number of amides is 1. The van der Waals surface area contributed by atoms with Gasteiger partial charge in [0.1, 0.15) is 5.82 Å². The van der Waals surface area contributed by atoms with Gasteiger partial charge in [0, 0.05) is 18.0 Å². The lowest BCUT2D eigenvalue weighted by Crippen LogP contribution is -2.13. The van der Waals surface area contributed by atoms with Crippen LogP contribution in [0.4, 0.5) is 5.69 Å². The smallest absolute Gasteiger partial charge is 0.255 e. The van der Waals surface area contributed by atoms with E-state index in [0.717, 1.165) is 5.82 Å². The van der Waals surface area contributed by atoms with Gasteiger partial charge in [-0.05, 0) is 25.1 Å². The van der Waals surface area contributed by atoms with Crippen molar-refractivity contribution in [2.45, 2.75) is 6.92 Å². The van der Waals surface area contributed by atoms with Crippen molar-refractivity contribution in [1.82, 2.24) is 19.5 Å². The molecular weight excluding hydrogens is 292 g/mol. The third-order valence-electron chi connectivity index (χ3n) is 3.19. The molecular formula is C16H12N6O. The van der Waals surface area contributed by atoms with Crippen molar-refractivity contribution in [3.8, 4) is 12.0 Å². The molecule has 2 aromatic heterocycles. The molecule has 0 bridgehead atoms. The van der Waals surface area contributed by atoms with Gasteiger partial charge < -0.3 is 5.32 Å². The molecule has 7 nitrogen and oxygen atoms in total. The van der Waals surface area contributed by atoms with Crippen LogP contribution in [0.1, 0.15) is 21.7 Å². The van der Waals surface area contributed by atoms with E-state index >= 15 is 0 Å². The van der Waals surface area contributed by atoms with E-state index in [2.05, 4.69) is 20.3 Å².